The molecule has 0 aromatic rings. The van der Waals surface area contributed by atoms with Gasteiger partial charge in [-0.05, 0) is 12.8 Å². The van der Waals surface area contributed by atoms with E-state index in [1.165, 1.54) is 0 Å². The van der Waals surface area contributed by atoms with E-state index >= 15 is 0 Å². The van der Waals surface area contributed by atoms with Gasteiger partial charge in [0.25, 0.3) is 0 Å². The third-order valence-corrected chi connectivity index (χ3v) is 3.48. The normalized spacial score (nSPS) is 12.8. The van der Waals surface area contributed by atoms with Crippen LogP contribution in [-0.2, 0) is 10.0 Å². The SMILES string of the molecule is C#CCCCNS(=O)(=O)C(C#N)CC. The van der Waals surface area contributed by atoms with Crippen LogP contribution in [0.4, 0.5) is 0 Å². The number of rotatable bonds is 6. The van der Waals surface area contributed by atoms with Crippen LogP contribution < -0.4 is 4.72 Å². The van der Waals surface area contributed by atoms with Gasteiger partial charge in [0.2, 0.25) is 10.0 Å². The molecule has 0 fully saturated rings. The lowest BCUT2D eigenvalue weighted by Gasteiger charge is -2.08. The molecule has 0 aliphatic rings. The van der Waals surface area contributed by atoms with E-state index in [4.69, 9.17) is 11.7 Å². The van der Waals surface area contributed by atoms with E-state index in [2.05, 4.69) is 10.6 Å². The number of hydrogen-bond donors (Lipinski definition) is 1. The molecule has 0 radical (unpaired) electrons. The van der Waals surface area contributed by atoms with Gasteiger partial charge in [0.05, 0.1) is 6.07 Å². The van der Waals surface area contributed by atoms with Gasteiger partial charge in [-0.1, -0.05) is 6.92 Å². The Hall–Kier alpha value is -1.04. The molecule has 0 aromatic carbocycles. The van der Waals surface area contributed by atoms with E-state index in [-0.39, 0.29) is 0 Å². The first kappa shape index (κ1) is 13.0. The Kier molecular flexibility index (Phi) is 5.94. The van der Waals surface area contributed by atoms with Gasteiger partial charge >= 0.3 is 0 Å². The Bertz CT molecular complexity index is 335. The summed E-state index contributed by atoms with van der Waals surface area (Å²) >= 11 is 0. The minimum atomic E-state index is -3.48. The van der Waals surface area contributed by atoms with Crippen molar-refractivity contribution in [1.29, 1.82) is 5.26 Å². The van der Waals surface area contributed by atoms with Crippen LogP contribution in [0.15, 0.2) is 0 Å². The zero-order valence-electron chi connectivity index (χ0n) is 8.16. The topological polar surface area (TPSA) is 70.0 Å². The van der Waals surface area contributed by atoms with Crippen LogP contribution in [0.1, 0.15) is 26.2 Å². The summed E-state index contributed by atoms with van der Waals surface area (Å²) in [6.07, 6.45) is 6.43. The summed E-state index contributed by atoms with van der Waals surface area (Å²) in [4.78, 5) is 0. The molecule has 1 unspecified atom stereocenters. The maximum atomic E-state index is 11.4. The third-order valence-electron chi connectivity index (χ3n) is 1.69. The zero-order valence-corrected chi connectivity index (χ0v) is 8.97. The molecule has 0 rings (SSSR count). The maximum Gasteiger partial charge on any atom is 0.227 e. The van der Waals surface area contributed by atoms with Crippen molar-refractivity contribution in [2.24, 2.45) is 0 Å². The van der Waals surface area contributed by atoms with E-state index in [1.54, 1.807) is 13.0 Å². The predicted molar refractivity (Wildman–Crippen MR) is 54.7 cm³/mol. The number of nitrogens with zero attached hydrogens (tertiary/aromatic N) is 1. The number of hydrogen-bond acceptors (Lipinski definition) is 3. The van der Waals surface area contributed by atoms with E-state index in [9.17, 15) is 8.42 Å². The van der Waals surface area contributed by atoms with Gasteiger partial charge in [0, 0.05) is 13.0 Å². The quantitative estimate of drug-likeness (QED) is 0.520. The van der Waals surface area contributed by atoms with Crippen molar-refractivity contribution in [3.8, 4) is 18.4 Å². The summed E-state index contributed by atoms with van der Waals surface area (Å²) in [5, 5.41) is 7.60. The Labute approximate surface area is 85.4 Å². The van der Waals surface area contributed by atoms with Crippen LogP contribution in [0.2, 0.25) is 0 Å². The molecule has 0 aliphatic heterocycles. The van der Waals surface area contributed by atoms with Crippen molar-refractivity contribution in [2.45, 2.75) is 31.4 Å². The number of sulfonamides is 1. The molecule has 14 heavy (non-hydrogen) atoms. The molecular formula is C9H14N2O2S. The van der Waals surface area contributed by atoms with Gasteiger partial charge in [0.15, 0.2) is 5.25 Å². The average molecular weight is 214 g/mol. The van der Waals surface area contributed by atoms with Gasteiger partial charge in [-0.3, -0.25) is 0 Å². The Morgan fingerprint density at radius 1 is 1.57 bits per heavy atom. The lowest BCUT2D eigenvalue weighted by molar-refractivity contribution is 0.571. The van der Waals surface area contributed by atoms with E-state index in [0.29, 0.717) is 25.8 Å². The first-order valence-electron chi connectivity index (χ1n) is 4.40. The molecule has 1 N–H and O–H groups in total. The Morgan fingerprint density at radius 3 is 2.64 bits per heavy atom. The first-order chi connectivity index (χ1) is 6.58. The van der Waals surface area contributed by atoms with Crippen LogP contribution in [0.3, 0.4) is 0 Å². The number of nitrogens with one attached hydrogen (secondary N) is 1. The molecular weight excluding hydrogens is 200 g/mol. The molecule has 0 saturated heterocycles. The third kappa shape index (κ3) is 4.27. The van der Waals surface area contributed by atoms with Crippen molar-refractivity contribution >= 4 is 10.0 Å². The second kappa shape index (κ2) is 6.42. The van der Waals surface area contributed by atoms with Gasteiger partial charge in [-0.2, -0.15) is 5.26 Å². The van der Waals surface area contributed by atoms with Crippen LogP contribution in [0, 0.1) is 23.7 Å². The van der Waals surface area contributed by atoms with E-state index < -0.39 is 15.3 Å². The van der Waals surface area contributed by atoms with Crippen LogP contribution in [0.25, 0.3) is 0 Å². The lowest BCUT2D eigenvalue weighted by atomic mass is 10.3. The summed E-state index contributed by atoms with van der Waals surface area (Å²) in [6.45, 7) is 1.96. The van der Waals surface area contributed by atoms with E-state index in [0.717, 1.165) is 0 Å². The van der Waals surface area contributed by atoms with Gasteiger partial charge in [0.1, 0.15) is 0 Å². The van der Waals surface area contributed by atoms with Crippen molar-refractivity contribution in [3.05, 3.63) is 0 Å². The molecule has 0 spiro atoms. The highest BCUT2D eigenvalue weighted by molar-refractivity contribution is 7.90. The van der Waals surface area contributed by atoms with Crippen LogP contribution in [0.5, 0.6) is 0 Å². The summed E-state index contributed by atoms with van der Waals surface area (Å²) in [5.41, 5.74) is 0. The molecule has 0 heterocycles. The molecule has 78 valence electrons. The molecule has 4 nitrogen and oxygen atoms in total. The highest BCUT2D eigenvalue weighted by Crippen LogP contribution is 2.02. The molecule has 1 atom stereocenters. The second-order valence-electron chi connectivity index (χ2n) is 2.77. The highest BCUT2D eigenvalue weighted by Gasteiger charge is 2.21. The maximum absolute atomic E-state index is 11.4. The fourth-order valence-electron chi connectivity index (χ4n) is 0.886. The Balaban J connectivity index is 4.10. The smallest absolute Gasteiger partial charge is 0.214 e. The summed E-state index contributed by atoms with van der Waals surface area (Å²) in [7, 11) is -3.48. The predicted octanol–water partition coefficient (Wildman–Crippen LogP) is 0.621. The number of nitriles is 1. The van der Waals surface area contributed by atoms with Crippen molar-refractivity contribution < 1.29 is 8.42 Å². The van der Waals surface area contributed by atoms with Gasteiger partial charge in [-0.15, -0.1) is 12.3 Å². The highest BCUT2D eigenvalue weighted by atomic mass is 32.2. The fraction of sp³-hybridized carbons (Fsp3) is 0.667. The minimum Gasteiger partial charge on any atom is -0.214 e. The second-order valence-corrected chi connectivity index (χ2v) is 4.72. The minimum absolute atomic E-state index is 0.293. The molecule has 5 heteroatoms. The largest absolute Gasteiger partial charge is 0.227 e. The standard InChI is InChI=1S/C9H14N2O2S/c1-3-5-6-7-11-14(12,13)9(4-2)8-10/h1,9,11H,4-7H2,2H3. The number of terminal acetylenes is 1. The number of unbranched alkanes of at least 4 members (excludes halogenated alkanes) is 1. The van der Waals surface area contributed by atoms with E-state index in [1.807, 2.05) is 0 Å². The van der Waals surface area contributed by atoms with Crippen molar-refractivity contribution in [2.75, 3.05) is 6.54 Å². The molecule has 0 amide bonds. The Morgan fingerprint density at radius 2 is 2.21 bits per heavy atom. The molecule has 0 aromatic heterocycles. The fourth-order valence-corrected chi connectivity index (χ4v) is 2.09. The van der Waals surface area contributed by atoms with Crippen LogP contribution in [-0.4, -0.2) is 20.2 Å². The monoisotopic (exact) mass is 214 g/mol. The van der Waals surface area contributed by atoms with Crippen LogP contribution >= 0.6 is 0 Å². The van der Waals surface area contributed by atoms with Crippen molar-refractivity contribution in [3.63, 3.8) is 0 Å². The lowest BCUT2D eigenvalue weighted by Crippen LogP contribution is -2.33. The summed E-state index contributed by atoms with van der Waals surface area (Å²) in [5.74, 6) is 2.41. The zero-order chi connectivity index (χ0) is 11.0. The molecule has 0 aliphatic carbocycles. The summed E-state index contributed by atoms with van der Waals surface area (Å²) in [6, 6.07) is 1.74. The molecule has 0 saturated carbocycles. The van der Waals surface area contributed by atoms with Crippen molar-refractivity contribution in [1.82, 2.24) is 4.72 Å². The summed E-state index contributed by atoms with van der Waals surface area (Å²) < 4.78 is 25.1. The average Bonchev–Trinajstić information content (AvgIpc) is 2.14. The van der Waals surface area contributed by atoms with Gasteiger partial charge in [-0.25, -0.2) is 13.1 Å². The molecule has 0 bridgehead atoms. The van der Waals surface area contributed by atoms with Gasteiger partial charge < -0.3 is 0 Å². The first-order valence-corrected chi connectivity index (χ1v) is 5.94.